The summed E-state index contributed by atoms with van der Waals surface area (Å²) in [6.45, 7) is 0. The zero-order valence-electron chi connectivity index (χ0n) is 8.13. The lowest BCUT2D eigenvalue weighted by Gasteiger charge is -2.15. The predicted molar refractivity (Wildman–Crippen MR) is 68.8 cm³/mol. The molecule has 0 aliphatic carbocycles. The Balaban J connectivity index is 2.58. The zero-order chi connectivity index (χ0) is 10.2. The van der Waals surface area contributed by atoms with Gasteiger partial charge in [-0.3, -0.25) is 0 Å². The largest absolute Gasteiger partial charge is 0.127 e. The van der Waals surface area contributed by atoms with E-state index in [2.05, 4.69) is 30.3 Å². The lowest BCUT2D eigenvalue weighted by atomic mass is 10.4. The Kier molecular flexibility index (Phi) is 6.60. The number of hydrogen-bond acceptors (Lipinski definition) is 0. The molecule has 0 amide bonds. The van der Waals surface area contributed by atoms with Crippen molar-refractivity contribution in [2.75, 3.05) is 24.1 Å². The van der Waals surface area contributed by atoms with E-state index in [-0.39, 0.29) is 7.92 Å². The molecule has 78 valence electrons. The highest BCUT2D eigenvalue weighted by Crippen LogP contribution is 2.34. The Morgan fingerprint density at radius 3 is 2.21 bits per heavy atom. The van der Waals surface area contributed by atoms with Gasteiger partial charge in [-0.15, -0.1) is 23.2 Å². The molecule has 0 fully saturated rings. The van der Waals surface area contributed by atoms with Crippen LogP contribution in [0.2, 0.25) is 0 Å². The number of hydrogen-bond donors (Lipinski definition) is 0. The van der Waals surface area contributed by atoms with Gasteiger partial charge >= 0.3 is 0 Å². The first-order valence-electron chi connectivity index (χ1n) is 4.80. The van der Waals surface area contributed by atoms with Crippen molar-refractivity contribution in [1.82, 2.24) is 0 Å². The van der Waals surface area contributed by atoms with Crippen molar-refractivity contribution in [3.05, 3.63) is 30.3 Å². The summed E-state index contributed by atoms with van der Waals surface area (Å²) in [5.41, 5.74) is 0. The Morgan fingerprint density at radius 1 is 0.929 bits per heavy atom. The molecule has 0 bridgehead atoms. The summed E-state index contributed by atoms with van der Waals surface area (Å²) in [6.07, 6.45) is 3.41. The van der Waals surface area contributed by atoms with Gasteiger partial charge in [0.15, 0.2) is 0 Å². The quantitative estimate of drug-likeness (QED) is 0.533. The van der Waals surface area contributed by atoms with Gasteiger partial charge in [0.2, 0.25) is 0 Å². The van der Waals surface area contributed by atoms with Crippen molar-refractivity contribution in [2.45, 2.75) is 6.42 Å². The summed E-state index contributed by atoms with van der Waals surface area (Å²) in [6, 6.07) is 10.7. The van der Waals surface area contributed by atoms with E-state index in [0.717, 1.165) is 24.3 Å². The average molecular weight is 249 g/mol. The van der Waals surface area contributed by atoms with Gasteiger partial charge in [0, 0.05) is 11.8 Å². The minimum Gasteiger partial charge on any atom is -0.127 e. The summed E-state index contributed by atoms with van der Waals surface area (Å²) in [5, 5.41) is 1.45. The zero-order valence-corrected chi connectivity index (χ0v) is 10.5. The fraction of sp³-hybridized carbons (Fsp3) is 0.455. The Hall–Kier alpha value is 0.230. The molecule has 0 aliphatic heterocycles. The monoisotopic (exact) mass is 248 g/mol. The first kappa shape index (κ1) is 12.3. The van der Waals surface area contributed by atoms with Crippen LogP contribution in [0.25, 0.3) is 0 Å². The summed E-state index contributed by atoms with van der Waals surface area (Å²) in [7, 11) is -0.0781. The van der Waals surface area contributed by atoms with Crippen molar-refractivity contribution in [3.8, 4) is 0 Å². The minimum atomic E-state index is -0.0781. The highest BCUT2D eigenvalue weighted by atomic mass is 35.5. The molecule has 1 aromatic rings. The van der Waals surface area contributed by atoms with Gasteiger partial charge in [-0.2, -0.15) is 0 Å². The van der Waals surface area contributed by atoms with Crippen LogP contribution in [-0.4, -0.2) is 24.1 Å². The molecule has 1 rings (SSSR count). The standard InChI is InChI=1S/C11H15Cl2P/c12-7-4-9-14(10-8-13)11-5-2-1-3-6-11/h1-3,5-6H,4,7-10H2. The smallest absolute Gasteiger partial charge is 0.0265 e. The van der Waals surface area contributed by atoms with Crippen molar-refractivity contribution in [1.29, 1.82) is 0 Å². The molecule has 1 unspecified atom stereocenters. The van der Waals surface area contributed by atoms with Gasteiger partial charge in [0.25, 0.3) is 0 Å². The van der Waals surface area contributed by atoms with Gasteiger partial charge in [-0.1, -0.05) is 38.3 Å². The van der Waals surface area contributed by atoms with E-state index in [0.29, 0.717) is 0 Å². The minimum absolute atomic E-state index is 0.0781. The van der Waals surface area contributed by atoms with Crippen LogP contribution in [0.3, 0.4) is 0 Å². The van der Waals surface area contributed by atoms with Crippen LogP contribution in [0.4, 0.5) is 0 Å². The molecular weight excluding hydrogens is 234 g/mol. The molecule has 0 nitrogen and oxygen atoms in total. The number of alkyl halides is 2. The highest BCUT2D eigenvalue weighted by Gasteiger charge is 2.08. The average Bonchev–Trinajstić information content (AvgIpc) is 2.25. The maximum absolute atomic E-state index is 5.81. The van der Waals surface area contributed by atoms with E-state index in [1.165, 1.54) is 11.5 Å². The third kappa shape index (κ3) is 4.17. The van der Waals surface area contributed by atoms with E-state index in [4.69, 9.17) is 23.2 Å². The van der Waals surface area contributed by atoms with Crippen molar-refractivity contribution >= 4 is 36.4 Å². The van der Waals surface area contributed by atoms with Gasteiger partial charge < -0.3 is 0 Å². The number of benzene rings is 1. The second-order valence-corrected chi connectivity index (χ2v) is 6.30. The lowest BCUT2D eigenvalue weighted by Crippen LogP contribution is -2.07. The fourth-order valence-electron chi connectivity index (χ4n) is 1.36. The van der Waals surface area contributed by atoms with Gasteiger partial charge in [-0.05, 0) is 24.0 Å². The third-order valence-electron chi connectivity index (χ3n) is 2.04. The third-order valence-corrected chi connectivity index (χ3v) is 5.41. The van der Waals surface area contributed by atoms with Crippen LogP contribution in [0, 0.1) is 0 Å². The first-order chi connectivity index (χ1) is 6.88. The van der Waals surface area contributed by atoms with Crippen LogP contribution in [0.15, 0.2) is 30.3 Å². The van der Waals surface area contributed by atoms with Crippen LogP contribution in [-0.2, 0) is 0 Å². The second-order valence-electron chi connectivity index (χ2n) is 3.05. The van der Waals surface area contributed by atoms with Gasteiger partial charge in [0.1, 0.15) is 0 Å². The lowest BCUT2D eigenvalue weighted by molar-refractivity contribution is 1.10. The van der Waals surface area contributed by atoms with E-state index < -0.39 is 0 Å². The molecule has 0 aliphatic rings. The number of rotatable bonds is 6. The summed E-state index contributed by atoms with van der Waals surface area (Å²) >= 11 is 11.5. The van der Waals surface area contributed by atoms with Crippen molar-refractivity contribution in [3.63, 3.8) is 0 Å². The normalized spacial score (nSPS) is 12.7. The molecule has 0 radical (unpaired) electrons. The molecule has 1 atom stereocenters. The van der Waals surface area contributed by atoms with E-state index in [9.17, 15) is 0 Å². The molecule has 0 aromatic heterocycles. The molecule has 0 spiro atoms. The Morgan fingerprint density at radius 2 is 1.64 bits per heavy atom. The molecule has 0 N–H and O–H groups in total. The topological polar surface area (TPSA) is 0 Å². The summed E-state index contributed by atoms with van der Waals surface area (Å²) in [5.74, 6) is 1.51. The van der Waals surface area contributed by atoms with E-state index in [1.807, 2.05) is 0 Å². The van der Waals surface area contributed by atoms with Crippen molar-refractivity contribution in [2.24, 2.45) is 0 Å². The Bertz CT molecular complexity index is 238. The molecule has 14 heavy (non-hydrogen) atoms. The SMILES string of the molecule is ClCCCP(CCCl)c1ccccc1. The van der Waals surface area contributed by atoms with E-state index >= 15 is 0 Å². The molecule has 1 aromatic carbocycles. The Labute approximate surface area is 97.4 Å². The highest BCUT2D eigenvalue weighted by molar-refractivity contribution is 7.65. The first-order valence-corrected chi connectivity index (χ1v) is 7.58. The molecule has 0 heterocycles. The van der Waals surface area contributed by atoms with Crippen LogP contribution in [0.5, 0.6) is 0 Å². The maximum atomic E-state index is 5.81. The second kappa shape index (κ2) is 7.51. The summed E-state index contributed by atoms with van der Waals surface area (Å²) < 4.78 is 0. The van der Waals surface area contributed by atoms with E-state index in [1.54, 1.807) is 0 Å². The fourth-order valence-corrected chi connectivity index (χ4v) is 4.37. The molecule has 0 saturated heterocycles. The van der Waals surface area contributed by atoms with Crippen LogP contribution >= 0.6 is 31.1 Å². The van der Waals surface area contributed by atoms with Gasteiger partial charge in [-0.25, -0.2) is 0 Å². The molecule has 3 heteroatoms. The van der Waals surface area contributed by atoms with Crippen LogP contribution in [0.1, 0.15) is 6.42 Å². The number of halogens is 2. The van der Waals surface area contributed by atoms with Gasteiger partial charge in [0.05, 0.1) is 0 Å². The molecular formula is C11H15Cl2P. The van der Waals surface area contributed by atoms with Crippen molar-refractivity contribution < 1.29 is 0 Å². The molecule has 0 saturated carbocycles. The predicted octanol–water partition coefficient (Wildman–Crippen LogP) is 3.66. The van der Waals surface area contributed by atoms with Crippen LogP contribution < -0.4 is 5.30 Å². The summed E-state index contributed by atoms with van der Waals surface area (Å²) in [4.78, 5) is 0. The maximum Gasteiger partial charge on any atom is 0.0265 e.